The molecule has 1 N–H and O–H groups in total. The Morgan fingerprint density at radius 1 is 0.955 bits per heavy atom. The SMILES string of the molecule is CCN(CC(=O)NCCc1ccccc1)Cc1ccccc1. The molecule has 0 heterocycles. The molecule has 0 aliphatic rings. The normalized spacial score (nSPS) is 10.6. The molecular weight excluding hydrogens is 272 g/mol. The standard InChI is InChI=1S/C19H24N2O/c1-2-21(15-18-11-7-4-8-12-18)16-19(22)20-14-13-17-9-5-3-6-10-17/h3-12H,2,13-16H2,1H3,(H,20,22). The van der Waals surface area contributed by atoms with E-state index in [1.807, 2.05) is 36.4 Å². The minimum atomic E-state index is 0.0914. The number of benzene rings is 2. The van der Waals surface area contributed by atoms with E-state index >= 15 is 0 Å². The first kappa shape index (κ1) is 16.2. The van der Waals surface area contributed by atoms with Gasteiger partial charge in [0.2, 0.25) is 5.91 Å². The van der Waals surface area contributed by atoms with Gasteiger partial charge < -0.3 is 5.32 Å². The summed E-state index contributed by atoms with van der Waals surface area (Å²) in [6.45, 7) is 4.89. The van der Waals surface area contributed by atoms with Crippen LogP contribution in [0.3, 0.4) is 0 Å². The molecule has 0 aliphatic heterocycles. The summed E-state index contributed by atoms with van der Waals surface area (Å²) in [5.74, 6) is 0.0914. The van der Waals surface area contributed by atoms with Crippen LogP contribution in [0.1, 0.15) is 18.1 Å². The van der Waals surface area contributed by atoms with Gasteiger partial charge in [-0.25, -0.2) is 0 Å². The third kappa shape index (κ3) is 5.70. The van der Waals surface area contributed by atoms with E-state index in [2.05, 4.69) is 41.4 Å². The third-order valence-electron chi connectivity index (χ3n) is 3.64. The number of nitrogens with zero attached hydrogens (tertiary/aromatic N) is 1. The van der Waals surface area contributed by atoms with Crippen molar-refractivity contribution >= 4 is 5.91 Å². The van der Waals surface area contributed by atoms with Gasteiger partial charge in [0.15, 0.2) is 0 Å². The molecule has 0 saturated carbocycles. The molecule has 0 unspecified atom stereocenters. The molecule has 0 fully saturated rings. The van der Waals surface area contributed by atoms with Crippen molar-refractivity contribution < 1.29 is 4.79 Å². The molecule has 2 aromatic carbocycles. The lowest BCUT2D eigenvalue weighted by molar-refractivity contribution is -0.122. The zero-order chi connectivity index (χ0) is 15.6. The summed E-state index contributed by atoms with van der Waals surface area (Å²) in [4.78, 5) is 14.2. The number of carbonyl (C=O) groups is 1. The van der Waals surface area contributed by atoms with Crippen LogP contribution in [0.5, 0.6) is 0 Å². The van der Waals surface area contributed by atoms with Gasteiger partial charge >= 0.3 is 0 Å². The summed E-state index contributed by atoms with van der Waals surface area (Å²) in [5, 5.41) is 3.00. The highest BCUT2D eigenvalue weighted by Crippen LogP contribution is 2.04. The Labute approximate surface area is 133 Å². The maximum Gasteiger partial charge on any atom is 0.234 e. The number of hydrogen-bond acceptors (Lipinski definition) is 2. The topological polar surface area (TPSA) is 32.3 Å². The van der Waals surface area contributed by atoms with Crippen molar-refractivity contribution in [2.75, 3.05) is 19.6 Å². The molecule has 3 heteroatoms. The summed E-state index contributed by atoms with van der Waals surface area (Å²) >= 11 is 0. The van der Waals surface area contributed by atoms with Gasteiger partial charge in [-0.3, -0.25) is 9.69 Å². The van der Waals surface area contributed by atoms with Gasteiger partial charge in [0.25, 0.3) is 0 Å². The van der Waals surface area contributed by atoms with E-state index in [9.17, 15) is 4.79 Å². The van der Waals surface area contributed by atoms with Gasteiger partial charge in [0.1, 0.15) is 0 Å². The maximum atomic E-state index is 12.0. The highest BCUT2D eigenvalue weighted by Gasteiger charge is 2.09. The predicted octanol–water partition coefficient (Wildman–Crippen LogP) is 2.87. The zero-order valence-electron chi connectivity index (χ0n) is 13.2. The summed E-state index contributed by atoms with van der Waals surface area (Å²) in [5.41, 5.74) is 2.49. The smallest absolute Gasteiger partial charge is 0.234 e. The first-order valence-electron chi connectivity index (χ1n) is 7.85. The lowest BCUT2D eigenvalue weighted by Gasteiger charge is -2.20. The third-order valence-corrected chi connectivity index (χ3v) is 3.64. The fourth-order valence-corrected chi connectivity index (χ4v) is 2.37. The van der Waals surface area contributed by atoms with E-state index in [1.165, 1.54) is 11.1 Å². The molecule has 1 amide bonds. The number of amides is 1. The molecular formula is C19H24N2O. The Balaban J connectivity index is 1.72. The fourth-order valence-electron chi connectivity index (χ4n) is 2.37. The van der Waals surface area contributed by atoms with E-state index in [0.717, 1.165) is 19.5 Å². The second-order valence-electron chi connectivity index (χ2n) is 5.37. The molecule has 3 nitrogen and oxygen atoms in total. The summed E-state index contributed by atoms with van der Waals surface area (Å²) < 4.78 is 0. The maximum absolute atomic E-state index is 12.0. The largest absolute Gasteiger partial charge is 0.355 e. The monoisotopic (exact) mass is 296 g/mol. The molecule has 2 aromatic rings. The van der Waals surface area contributed by atoms with Crippen LogP contribution in [0.25, 0.3) is 0 Å². The number of hydrogen-bond donors (Lipinski definition) is 1. The van der Waals surface area contributed by atoms with E-state index in [1.54, 1.807) is 0 Å². The van der Waals surface area contributed by atoms with Crippen LogP contribution in [-0.4, -0.2) is 30.4 Å². The lowest BCUT2D eigenvalue weighted by atomic mass is 10.1. The van der Waals surface area contributed by atoms with Crippen molar-refractivity contribution in [2.45, 2.75) is 19.9 Å². The second-order valence-corrected chi connectivity index (χ2v) is 5.37. The molecule has 2 rings (SSSR count). The minimum Gasteiger partial charge on any atom is -0.355 e. The molecule has 0 aromatic heterocycles. The molecule has 116 valence electrons. The predicted molar refractivity (Wildman–Crippen MR) is 90.5 cm³/mol. The highest BCUT2D eigenvalue weighted by atomic mass is 16.2. The van der Waals surface area contributed by atoms with Crippen LogP contribution in [-0.2, 0) is 17.8 Å². The molecule has 0 bridgehead atoms. The van der Waals surface area contributed by atoms with Crippen molar-refractivity contribution in [1.29, 1.82) is 0 Å². The van der Waals surface area contributed by atoms with Crippen LogP contribution in [0.2, 0.25) is 0 Å². The Bertz CT molecular complexity index is 554. The molecule has 0 aliphatic carbocycles. The van der Waals surface area contributed by atoms with Crippen LogP contribution in [0.15, 0.2) is 60.7 Å². The van der Waals surface area contributed by atoms with Crippen molar-refractivity contribution in [2.24, 2.45) is 0 Å². The van der Waals surface area contributed by atoms with Crippen LogP contribution >= 0.6 is 0 Å². The van der Waals surface area contributed by atoms with E-state index in [4.69, 9.17) is 0 Å². The average molecular weight is 296 g/mol. The van der Waals surface area contributed by atoms with Crippen LogP contribution in [0.4, 0.5) is 0 Å². The number of likely N-dealkylation sites (N-methyl/N-ethyl adjacent to an activating group) is 1. The number of nitrogens with one attached hydrogen (secondary N) is 1. The van der Waals surface area contributed by atoms with Gasteiger partial charge in [-0.1, -0.05) is 67.6 Å². The molecule has 22 heavy (non-hydrogen) atoms. The summed E-state index contributed by atoms with van der Waals surface area (Å²) in [6, 6.07) is 20.5. The zero-order valence-corrected chi connectivity index (χ0v) is 13.2. The van der Waals surface area contributed by atoms with Crippen LogP contribution in [0, 0.1) is 0 Å². The van der Waals surface area contributed by atoms with Crippen molar-refractivity contribution in [3.8, 4) is 0 Å². The minimum absolute atomic E-state index is 0.0914. The molecule has 0 atom stereocenters. The Morgan fingerprint density at radius 2 is 1.55 bits per heavy atom. The van der Waals surface area contributed by atoms with E-state index in [-0.39, 0.29) is 5.91 Å². The van der Waals surface area contributed by atoms with Gasteiger partial charge in [0.05, 0.1) is 6.54 Å². The van der Waals surface area contributed by atoms with Crippen molar-refractivity contribution in [3.05, 3.63) is 71.8 Å². The quantitative estimate of drug-likeness (QED) is 0.812. The number of carbonyl (C=O) groups excluding carboxylic acids is 1. The molecule has 0 radical (unpaired) electrons. The van der Waals surface area contributed by atoms with Gasteiger partial charge in [-0.05, 0) is 24.1 Å². The fraction of sp³-hybridized carbons (Fsp3) is 0.316. The summed E-state index contributed by atoms with van der Waals surface area (Å²) in [7, 11) is 0. The Kier molecular flexibility index (Phi) is 6.65. The molecule has 0 spiro atoms. The highest BCUT2D eigenvalue weighted by molar-refractivity contribution is 5.78. The second kappa shape index (κ2) is 9.00. The Morgan fingerprint density at radius 3 is 2.14 bits per heavy atom. The molecule has 0 saturated heterocycles. The lowest BCUT2D eigenvalue weighted by Crippen LogP contribution is -2.37. The van der Waals surface area contributed by atoms with Gasteiger partial charge in [-0.15, -0.1) is 0 Å². The summed E-state index contributed by atoms with van der Waals surface area (Å²) in [6.07, 6.45) is 0.872. The van der Waals surface area contributed by atoms with Crippen molar-refractivity contribution in [3.63, 3.8) is 0 Å². The van der Waals surface area contributed by atoms with E-state index < -0.39 is 0 Å². The van der Waals surface area contributed by atoms with Crippen LogP contribution < -0.4 is 5.32 Å². The first-order valence-corrected chi connectivity index (χ1v) is 7.85. The Hall–Kier alpha value is -2.13. The van der Waals surface area contributed by atoms with E-state index in [0.29, 0.717) is 13.1 Å². The van der Waals surface area contributed by atoms with Gasteiger partial charge in [0, 0.05) is 13.1 Å². The van der Waals surface area contributed by atoms with Crippen molar-refractivity contribution in [1.82, 2.24) is 10.2 Å². The first-order chi connectivity index (χ1) is 10.8. The number of rotatable bonds is 8. The van der Waals surface area contributed by atoms with Gasteiger partial charge in [-0.2, -0.15) is 0 Å². The average Bonchev–Trinajstić information content (AvgIpc) is 2.56.